The van der Waals surface area contributed by atoms with Crippen LogP contribution in [0, 0.1) is 17.3 Å². The summed E-state index contributed by atoms with van der Waals surface area (Å²) in [4.78, 5) is 14.7. The minimum absolute atomic E-state index is 0.262. The summed E-state index contributed by atoms with van der Waals surface area (Å²) in [5.74, 6) is 1.31. The van der Waals surface area contributed by atoms with Crippen molar-refractivity contribution in [2.24, 2.45) is 23.0 Å². The Balaban J connectivity index is 1.83. The maximum absolute atomic E-state index is 12.6. The molecule has 0 radical (unpaired) electrons. The Hall–Kier alpha value is -0.570. The van der Waals surface area contributed by atoms with Crippen molar-refractivity contribution in [2.45, 2.75) is 71.3 Å². The van der Waals surface area contributed by atoms with E-state index in [2.05, 4.69) is 18.7 Å². The van der Waals surface area contributed by atoms with E-state index in [1.165, 1.54) is 25.7 Å². The number of hydrogen-bond donors (Lipinski definition) is 1. The van der Waals surface area contributed by atoms with Crippen molar-refractivity contribution in [3.63, 3.8) is 0 Å². The molecule has 0 heterocycles. The van der Waals surface area contributed by atoms with Gasteiger partial charge in [0.1, 0.15) is 0 Å². The van der Waals surface area contributed by atoms with Crippen LogP contribution in [-0.4, -0.2) is 30.4 Å². The van der Waals surface area contributed by atoms with E-state index in [1.54, 1.807) is 0 Å². The predicted octanol–water partition coefficient (Wildman–Crippen LogP) is 3.18. The molecular formula is C17H32N2O. The molecule has 2 aliphatic rings. The Morgan fingerprint density at radius 2 is 1.65 bits per heavy atom. The van der Waals surface area contributed by atoms with Crippen LogP contribution in [0.4, 0.5) is 0 Å². The summed E-state index contributed by atoms with van der Waals surface area (Å²) in [5.41, 5.74) is 6.20. The first-order valence-corrected chi connectivity index (χ1v) is 8.39. The van der Waals surface area contributed by atoms with Gasteiger partial charge in [-0.3, -0.25) is 4.79 Å². The molecule has 3 heteroatoms. The molecule has 2 fully saturated rings. The van der Waals surface area contributed by atoms with Crippen LogP contribution in [0.25, 0.3) is 0 Å². The first kappa shape index (κ1) is 15.8. The van der Waals surface area contributed by atoms with Gasteiger partial charge >= 0.3 is 0 Å². The Kier molecular flexibility index (Phi) is 5.11. The van der Waals surface area contributed by atoms with Gasteiger partial charge in [-0.1, -0.05) is 13.8 Å². The molecule has 0 aromatic heterocycles. The summed E-state index contributed by atoms with van der Waals surface area (Å²) >= 11 is 0. The zero-order chi connectivity index (χ0) is 14.8. The summed E-state index contributed by atoms with van der Waals surface area (Å²) in [6.45, 7) is 5.48. The minimum atomic E-state index is 0.262. The van der Waals surface area contributed by atoms with Crippen LogP contribution in [0.2, 0.25) is 0 Å². The quantitative estimate of drug-likeness (QED) is 0.863. The molecule has 0 aromatic rings. The van der Waals surface area contributed by atoms with Gasteiger partial charge in [0.05, 0.1) is 0 Å². The van der Waals surface area contributed by atoms with E-state index in [9.17, 15) is 4.79 Å². The number of nitrogens with two attached hydrogens (primary N) is 1. The van der Waals surface area contributed by atoms with Gasteiger partial charge in [-0.05, 0) is 69.2 Å². The van der Waals surface area contributed by atoms with Crippen molar-refractivity contribution in [2.75, 3.05) is 13.6 Å². The van der Waals surface area contributed by atoms with Crippen LogP contribution >= 0.6 is 0 Å². The highest BCUT2D eigenvalue weighted by molar-refractivity contribution is 5.79. The second-order valence-electron chi connectivity index (χ2n) is 7.80. The first-order chi connectivity index (χ1) is 9.43. The molecule has 0 atom stereocenters. The molecule has 0 bridgehead atoms. The van der Waals surface area contributed by atoms with E-state index in [0.717, 1.165) is 32.2 Å². The molecule has 0 saturated heterocycles. The first-order valence-electron chi connectivity index (χ1n) is 8.39. The molecule has 0 unspecified atom stereocenters. The van der Waals surface area contributed by atoms with Crippen molar-refractivity contribution in [1.29, 1.82) is 0 Å². The van der Waals surface area contributed by atoms with Crippen LogP contribution in [0.5, 0.6) is 0 Å². The molecule has 2 N–H and O–H groups in total. The molecule has 3 nitrogen and oxygen atoms in total. The minimum Gasteiger partial charge on any atom is -0.343 e. The van der Waals surface area contributed by atoms with Gasteiger partial charge in [0.2, 0.25) is 5.91 Å². The number of carbonyl (C=O) groups is 1. The van der Waals surface area contributed by atoms with Gasteiger partial charge in [-0.2, -0.15) is 0 Å². The second kappa shape index (κ2) is 6.46. The molecule has 0 aromatic carbocycles. The van der Waals surface area contributed by atoms with E-state index in [0.29, 0.717) is 23.3 Å². The van der Waals surface area contributed by atoms with Crippen molar-refractivity contribution in [3.05, 3.63) is 0 Å². The van der Waals surface area contributed by atoms with Crippen LogP contribution in [0.15, 0.2) is 0 Å². The van der Waals surface area contributed by atoms with E-state index in [-0.39, 0.29) is 5.92 Å². The molecule has 0 spiro atoms. The van der Waals surface area contributed by atoms with Gasteiger partial charge in [-0.25, -0.2) is 0 Å². The van der Waals surface area contributed by atoms with E-state index in [1.807, 2.05) is 7.05 Å². The molecule has 0 aliphatic heterocycles. The van der Waals surface area contributed by atoms with Crippen LogP contribution in [-0.2, 0) is 4.79 Å². The second-order valence-corrected chi connectivity index (χ2v) is 7.80. The third-order valence-corrected chi connectivity index (χ3v) is 5.73. The molecular weight excluding hydrogens is 248 g/mol. The van der Waals surface area contributed by atoms with Crippen molar-refractivity contribution in [3.8, 4) is 0 Å². The van der Waals surface area contributed by atoms with Gasteiger partial charge < -0.3 is 10.6 Å². The Morgan fingerprint density at radius 3 is 2.15 bits per heavy atom. The highest BCUT2D eigenvalue weighted by Gasteiger charge is 2.34. The van der Waals surface area contributed by atoms with Crippen LogP contribution < -0.4 is 5.73 Å². The summed E-state index contributed by atoms with van der Waals surface area (Å²) in [6, 6.07) is 0.475. The number of carbonyl (C=O) groups excluding carboxylic acids is 1. The van der Waals surface area contributed by atoms with Crippen molar-refractivity contribution in [1.82, 2.24) is 4.90 Å². The lowest BCUT2D eigenvalue weighted by Gasteiger charge is -2.40. The van der Waals surface area contributed by atoms with Crippen molar-refractivity contribution < 1.29 is 4.79 Å². The molecule has 2 aliphatic carbocycles. The molecule has 1 amide bonds. The molecule has 20 heavy (non-hydrogen) atoms. The summed E-state index contributed by atoms with van der Waals surface area (Å²) < 4.78 is 0. The fraction of sp³-hybridized carbons (Fsp3) is 0.941. The third-order valence-electron chi connectivity index (χ3n) is 5.73. The lowest BCUT2D eigenvalue weighted by molar-refractivity contribution is -0.138. The predicted molar refractivity (Wildman–Crippen MR) is 83.3 cm³/mol. The summed E-state index contributed by atoms with van der Waals surface area (Å²) in [5, 5.41) is 0. The Morgan fingerprint density at radius 1 is 1.10 bits per heavy atom. The average Bonchev–Trinajstić information content (AvgIpc) is 2.46. The number of rotatable bonds is 3. The molecule has 116 valence electrons. The maximum Gasteiger partial charge on any atom is 0.225 e. The Bertz CT molecular complexity index is 322. The fourth-order valence-electron chi connectivity index (χ4n) is 3.88. The van der Waals surface area contributed by atoms with Gasteiger partial charge in [0, 0.05) is 19.0 Å². The number of amides is 1. The van der Waals surface area contributed by atoms with Gasteiger partial charge in [0.25, 0.3) is 0 Å². The van der Waals surface area contributed by atoms with Gasteiger partial charge in [0.15, 0.2) is 0 Å². The van der Waals surface area contributed by atoms with Crippen LogP contribution in [0.1, 0.15) is 65.2 Å². The standard InChI is InChI=1S/C17H32N2O/c1-17(2)10-8-15(9-11-17)19(3)16(20)14-6-4-13(12-18)5-7-14/h13-15H,4-12,18H2,1-3H3. The maximum atomic E-state index is 12.6. The highest BCUT2D eigenvalue weighted by Crippen LogP contribution is 2.37. The monoisotopic (exact) mass is 280 g/mol. The molecule has 2 rings (SSSR count). The largest absolute Gasteiger partial charge is 0.343 e. The smallest absolute Gasteiger partial charge is 0.225 e. The lowest BCUT2D eigenvalue weighted by atomic mass is 9.75. The fourth-order valence-corrected chi connectivity index (χ4v) is 3.88. The van der Waals surface area contributed by atoms with Gasteiger partial charge in [-0.15, -0.1) is 0 Å². The zero-order valence-corrected chi connectivity index (χ0v) is 13.5. The van der Waals surface area contributed by atoms with E-state index in [4.69, 9.17) is 5.73 Å². The lowest BCUT2D eigenvalue weighted by Crippen LogP contribution is -2.44. The average molecular weight is 280 g/mol. The summed E-state index contributed by atoms with van der Waals surface area (Å²) in [7, 11) is 2.03. The van der Waals surface area contributed by atoms with E-state index >= 15 is 0 Å². The SMILES string of the molecule is CN(C(=O)C1CCC(CN)CC1)C1CCC(C)(C)CC1. The number of nitrogens with zero attached hydrogens (tertiary/aromatic N) is 1. The normalized spacial score (nSPS) is 31.0. The van der Waals surface area contributed by atoms with Crippen molar-refractivity contribution >= 4 is 5.91 Å². The Labute approximate surface area is 124 Å². The summed E-state index contributed by atoms with van der Waals surface area (Å²) in [6.07, 6.45) is 9.20. The van der Waals surface area contributed by atoms with E-state index < -0.39 is 0 Å². The zero-order valence-electron chi connectivity index (χ0n) is 13.5. The van der Waals surface area contributed by atoms with Crippen LogP contribution in [0.3, 0.4) is 0 Å². The topological polar surface area (TPSA) is 46.3 Å². The third kappa shape index (κ3) is 3.75. The molecule has 2 saturated carbocycles. The highest BCUT2D eigenvalue weighted by atomic mass is 16.2. The number of hydrogen-bond acceptors (Lipinski definition) is 2.